The molecule has 30 heavy (non-hydrogen) atoms. The highest BCUT2D eigenvalue weighted by molar-refractivity contribution is 6.34. The van der Waals surface area contributed by atoms with Gasteiger partial charge in [-0.05, 0) is 5.56 Å². The molecule has 0 atom stereocenters. The van der Waals surface area contributed by atoms with Gasteiger partial charge in [0.1, 0.15) is 6.54 Å². The van der Waals surface area contributed by atoms with Crippen molar-refractivity contribution in [2.75, 3.05) is 19.5 Å². The maximum absolute atomic E-state index is 12.7. The number of hydrogen-bond donors (Lipinski definition) is 1. The van der Waals surface area contributed by atoms with Gasteiger partial charge in [-0.15, -0.1) is 0 Å². The monoisotopic (exact) mass is 429 g/mol. The Morgan fingerprint density at radius 1 is 1.03 bits per heavy atom. The molecule has 1 N–H and O–H groups in total. The fourth-order valence-electron chi connectivity index (χ4n) is 2.89. The molecule has 9 heteroatoms. The Labute approximate surface area is 177 Å². The van der Waals surface area contributed by atoms with Crippen molar-refractivity contribution in [2.24, 2.45) is 0 Å². The van der Waals surface area contributed by atoms with Gasteiger partial charge in [0.15, 0.2) is 11.5 Å². The second-order valence-electron chi connectivity index (χ2n) is 6.37. The van der Waals surface area contributed by atoms with Crippen molar-refractivity contribution in [3.8, 4) is 11.5 Å². The van der Waals surface area contributed by atoms with E-state index in [-0.39, 0.29) is 17.3 Å². The van der Waals surface area contributed by atoms with Gasteiger partial charge in [0.25, 0.3) is 5.56 Å². The molecule has 8 nitrogen and oxygen atoms in total. The van der Waals surface area contributed by atoms with Crippen LogP contribution in [0.15, 0.2) is 64.3 Å². The number of benzene rings is 2. The van der Waals surface area contributed by atoms with E-state index in [1.54, 1.807) is 0 Å². The van der Waals surface area contributed by atoms with Gasteiger partial charge in [0, 0.05) is 24.4 Å². The van der Waals surface area contributed by atoms with E-state index >= 15 is 0 Å². The van der Waals surface area contributed by atoms with Crippen molar-refractivity contribution in [2.45, 2.75) is 13.1 Å². The van der Waals surface area contributed by atoms with Crippen molar-refractivity contribution < 1.29 is 14.3 Å². The van der Waals surface area contributed by atoms with E-state index in [0.29, 0.717) is 11.5 Å². The highest BCUT2D eigenvalue weighted by Gasteiger charge is 2.15. The number of halogens is 1. The highest BCUT2D eigenvalue weighted by Crippen LogP contribution is 2.35. The fourth-order valence-corrected chi connectivity index (χ4v) is 3.09. The van der Waals surface area contributed by atoms with E-state index in [1.165, 1.54) is 43.2 Å². The second-order valence-corrected chi connectivity index (χ2v) is 6.78. The fraction of sp³-hybridized carbons (Fsp3) is 0.190. The molecule has 0 saturated carbocycles. The maximum atomic E-state index is 12.7. The molecule has 1 amide bonds. The first-order valence-corrected chi connectivity index (χ1v) is 9.36. The SMILES string of the molecule is COc1cc(Cl)c(NC(=O)Cn2c(=O)ccn(Cc3ccccc3)c2=O)cc1OC. The quantitative estimate of drug-likeness (QED) is 0.622. The third-order valence-corrected chi connectivity index (χ3v) is 4.70. The van der Waals surface area contributed by atoms with Crippen molar-refractivity contribution >= 4 is 23.2 Å². The predicted molar refractivity (Wildman–Crippen MR) is 114 cm³/mol. The van der Waals surface area contributed by atoms with Crippen LogP contribution in [0.25, 0.3) is 0 Å². The van der Waals surface area contributed by atoms with E-state index in [4.69, 9.17) is 21.1 Å². The number of hydrogen-bond acceptors (Lipinski definition) is 5. The standard InChI is InChI=1S/C21H20ClN3O5/c1-29-17-10-15(22)16(11-18(17)30-2)23-19(26)13-25-20(27)8-9-24(21(25)28)12-14-6-4-3-5-7-14/h3-11H,12-13H2,1-2H3,(H,23,26). The van der Waals surface area contributed by atoms with E-state index in [9.17, 15) is 14.4 Å². The van der Waals surface area contributed by atoms with Crippen LogP contribution in [0.3, 0.4) is 0 Å². The lowest BCUT2D eigenvalue weighted by atomic mass is 10.2. The van der Waals surface area contributed by atoms with Crippen LogP contribution in [0.1, 0.15) is 5.56 Å². The first kappa shape index (κ1) is 21.2. The Bertz CT molecular complexity index is 1170. The van der Waals surface area contributed by atoms with Crippen LogP contribution in [0.4, 0.5) is 5.69 Å². The van der Waals surface area contributed by atoms with Crippen LogP contribution in [-0.2, 0) is 17.9 Å². The molecule has 2 aromatic carbocycles. The molecular formula is C21H20ClN3O5. The summed E-state index contributed by atoms with van der Waals surface area (Å²) in [6, 6.07) is 13.6. The number of anilines is 1. The molecule has 0 spiro atoms. The van der Waals surface area contributed by atoms with Crippen molar-refractivity contribution in [1.82, 2.24) is 9.13 Å². The molecule has 0 unspecified atom stereocenters. The summed E-state index contributed by atoms with van der Waals surface area (Å²) in [5, 5.41) is 2.82. The molecule has 3 aromatic rings. The Morgan fingerprint density at radius 3 is 2.37 bits per heavy atom. The number of nitrogens with one attached hydrogen (secondary N) is 1. The first-order valence-electron chi connectivity index (χ1n) is 8.98. The number of aromatic nitrogens is 2. The summed E-state index contributed by atoms with van der Waals surface area (Å²) >= 11 is 6.18. The summed E-state index contributed by atoms with van der Waals surface area (Å²) < 4.78 is 12.6. The van der Waals surface area contributed by atoms with Gasteiger partial charge in [-0.2, -0.15) is 0 Å². The Hall–Kier alpha value is -3.52. The largest absolute Gasteiger partial charge is 0.493 e. The summed E-state index contributed by atoms with van der Waals surface area (Å²) in [7, 11) is 2.92. The normalized spacial score (nSPS) is 10.5. The van der Waals surface area contributed by atoms with Crippen molar-refractivity contribution in [1.29, 1.82) is 0 Å². The first-order chi connectivity index (χ1) is 14.4. The van der Waals surface area contributed by atoms with E-state index in [1.807, 2.05) is 30.3 Å². The number of nitrogens with zero attached hydrogens (tertiary/aromatic N) is 2. The third kappa shape index (κ3) is 4.72. The molecule has 1 aromatic heterocycles. The molecule has 3 rings (SSSR count). The number of methoxy groups -OCH3 is 2. The Morgan fingerprint density at radius 2 is 1.70 bits per heavy atom. The second kappa shape index (κ2) is 9.32. The highest BCUT2D eigenvalue weighted by atomic mass is 35.5. The van der Waals surface area contributed by atoms with Gasteiger partial charge in [0.2, 0.25) is 5.91 Å². The van der Waals surface area contributed by atoms with Gasteiger partial charge in [-0.25, -0.2) is 4.79 Å². The van der Waals surface area contributed by atoms with Gasteiger partial charge >= 0.3 is 5.69 Å². The number of amides is 1. The van der Waals surface area contributed by atoms with Crippen molar-refractivity contribution in [3.63, 3.8) is 0 Å². The molecule has 0 saturated heterocycles. The van der Waals surface area contributed by atoms with Crippen LogP contribution in [0.5, 0.6) is 11.5 Å². The predicted octanol–water partition coefficient (Wildman–Crippen LogP) is 2.37. The smallest absolute Gasteiger partial charge is 0.331 e. The van der Waals surface area contributed by atoms with Crippen LogP contribution < -0.4 is 26.0 Å². The lowest BCUT2D eigenvalue weighted by molar-refractivity contribution is -0.116. The van der Waals surface area contributed by atoms with E-state index in [2.05, 4.69) is 5.32 Å². The number of carbonyl (C=O) groups is 1. The topological polar surface area (TPSA) is 91.6 Å². The molecule has 0 aliphatic rings. The number of carbonyl (C=O) groups excluding carboxylic acids is 1. The molecule has 156 valence electrons. The van der Waals surface area contributed by atoms with Gasteiger partial charge in [-0.3, -0.25) is 18.7 Å². The average molecular weight is 430 g/mol. The van der Waals surface area contributed by atoms with Crippen LogP contribution in [0, 0.1) is 0 Å². The lowest BCUT2D eigenvalue weighted by Gasteiger charge is -2.13. The molecular weight excluding hydrogens is 410 g/mol. The van der Waals surface area contributed by atoms with Crippen molar-refractivity contribution in [3.05, 3.63) is 86.2 Å². The van der Waals surface area contributed by atoms with E-state index < -0.39 is 23.7 Å². The summed E-state index contributed by atoms with van der Waals surface area (Å²) in [4.78, 5) is 37.4. The minimum Gasteiger partial charge on any atom is -0.493 e. The Kier molecular flexibility index (Phi) is 6.58. The van der Waals surface area contributed by atoms with E-state index in [0.717, 1.165) is 10.1 Å². The minimum absolute atomic E-state index is 0.225. The molecule has 0 aliphatic heterocycles. The zero-order valence-electron chi connectivity index (χ0n) is 16.4. The molecule has 0 bridgehead atoms. The summed E-state index contributed by atoms with van der Waals surface area (Å²) in [6.45, 7) is -0.180. The summed E-state index contributed by atoms with van der Waals surface area (Å²) in [5.74, 6) is 0.198. The minimum atomic E-state index is -0.583. The maximum Gasteiger partial charge on any atom is 0.331 e. The molecule has 0 radical (unpaired) electrons. The van der Waals surface area contributed by atoms with Crippen LogP contribution in [0.2, 0.25) is 5.02 Å². The number of ether oxygens (including phenoxy) is 2. The summed E-state index contributed by atoms with van der Waals surface area (Å²) in [6.07, 6.45) is 1.41. The summed E-state index contributed by atoms with van der Waals surface area (Å²) in [5.41, 5.74) is 0.0112. The zero-order valence-corrected chi connectivity index (χ0v) is 17.2. The Balaban J connectivity index is 1.83. The lowest BCUT2D eigenvalue weighted by Crippen LogP contribution is -2.41. The van der Waals surface area contributed by atoms with Crippen LogP contribution in [-0.4, -0.2) is 29.3 Å². The van der Waals surface area contributed by atoms with Crippen LogP contribution >= 0.6 is 11.6 Å². The van der Waals surface area contributed by atoms with Gasteiger partial charge < -0.3 is 14.8 Å². The zero-order chi connectivity index (χ0) is 21.7. The third-order valence-electron chi connectivity index (χ3n) is 4.38. The molecule has 0 fully saturated rings. The molecule has 0 aliphatic carbocycles. The average Bonchev–Trinajstić information content (AvgIpc) is 2.75. The van der Waals surface area contributed by atoms with Gasteiger partial charge in [0.05, 0.1) is 31.5 Å². The molecule has 1 heterocycles. The van der Waals surface area contributed by atoms with Gasteiger partial charge in [-0.1, -0.05) is 41.9 Å². The number of rotatable bonds is 7.